The Morgan fingerprint density at radius 1 is 1.40 bits per heavy atom. The summed E-state index contributed by atoms with van der Waals surface area (Å²) in [5.74, 6) is -0.398. The van der Waals surface area contributed by atoms with Gasteiger partial charge in [0.15, 0.2) is 0 Å². The minimum absolute atomic E-state index is 0.0265. The Bertz CT molecular complexity index is 586. The number of halogens is 1. The number of rotatable bonds is 5. The summed E-state index contributed by atoms with van der Waals surface area (Å²) < 4.78 is 37.0. The standard InChI is InChI=1S/C13H17FN2O3S/c1-20(18,19)15-8-6-13(17)16-9-7-12(16)10-2-4-11(14)5-3-10/h2-5,12,15H,6-9H2,1H3/t12-/m1/s1. The van der Waals surface area contributed by atoms with E-state index in [0.29, 0.717) is 6.54 Å². The smallest absolute Gasteiger partial charge is 0.224 e. The molecule has 1 fully saturated rings. The van der Waals surface area contributed by atoms with Gasteiger partial charge in [0.2, 0.25) is 15.9 Å². The molecule has 1 saturated heterocycles. The molecule has 1 aromatic carbocycles. The molecule has 1 atom stereocenters. The highest BCUT2D eigenvalue weighted by Gasteiger charge is 2.32. The van der Waals surface area contributed by atoms with Gasteiger partial charge in [-0.05, 0) is 24.1 Å². The molecule has 110 valence electrons. The molecule has 0 saturated carbocycles. The van der Waals surface area contributed by atoms with Crippen molar-refractivity contribution >= 4 is 15.9 Å². The van der Waals surface area contributed by atoms with Crippen molar-refractivity contribution in [3.8, 4) is 0 Å². The molecule has 2 rings (SSSR count). The van der Waals surface area contributed by atoms with Crippen LogP contribution in [0.3, 0.4) is 0 Å². The van der Waals surface area contributed by atoms with Crippen LogP contribution in [0.2, 0.25) is 0 Å². The molecule has 0 bridgehead atoms. The Labute approximate surface area is 117 Å². The lowest BCUT2D eigenvalue weighted by Crippen LogP contribution is -2.46. The average Bonchev–Trinajstić information content (AvgIpc) is 2.29. The zero-order valence-electron chi connectivity index (χ0n) is 11.2. The van der Waals surface area contributed by atoms with E-state index in [0.717, 1.165) is 18.2 Å². The Kier molecular flexibility index (Phi) is 4.39. The van der Waals surface area contributed by atoms with Gasteiger partial charge >= 0.3 is 0 Å². The summed E-state index contributed by atoms with van der Waals surface area (Å²) >= 11 is 0. The molecule has 1 amide bonds. The highest BCUT2D eigenvalue weighted by atomic mass is 32.2. The van der Waals surface area contributed by atoms with E-state index in [2.05, 4.69) is 4.72 Å². The van der Waals surface area contributed by atoms with E-state index in [4.69, 9.17) is 0 Å². The van der Waals surface area contributed by atoms with Crippen LogP contribution >= 0.6 is 0 Å². The minimum atomic E-state index is -3.27. The maximum Gasteiger partial charge on any atom is 0.224 e. The van der Waals surface area contributed by atoms with Gasteiger partial charge < -0.3 is 4.90 Å². The largest absolute Gasteiger partial charge is 0.335 e. The maximum atomic E-state index is 12.9. The van der Waals surface area contributed by atoms with E-state index in [1.54, 1.807) is 17.0 Å². The molecular formula is C13H17FN2O3S. The van der Waals surface area contributed by atoms with Crippen LogP contribution in [0.15, 0.2) is 24.3 Å². The molecule has 0 aromatic heterocycles. The summed E-state index contributed by atoms with van der Waals surface area (Å²) in [6.07, 6.45) is 2.03. The first-order valence-electron chi connectivity index (χ1n) is 6.36. The molecule has 1 aromatic rings. The van der Waals surface area contributed by atoms with E-state index in [1.165, 1.54) is 12.1 Å². The summed E-state index contributed by atoms with van der Waals surface area (Å²) in [6.45, 7) is 0.754. The fraction of sp³-hybridized carbons (Fsp3) is 0.462. The first kappa shape index (κ1) is 14.9. The predicted octanol–water partition coefficient (Wildman–Crippen LogP) is 1.04. The summed E-state index contributed by atoms with van der Waals surface area (Å²) in [5.41, 5.74) is 0.905. The number of hydrogen-bond acceptors (Lipinski definition) is 3. The van der Waals surface area contributed by atoms with Crippen molar-refractivity contribution in [3.63, 3.8) is 0 Å². The van der Waals surface area contributed by atoms with Crippen LogP contribution in [0.4, 0.5) is 4.39 Å². The zero-order chi connectivity index (χ0) is 14.8. The number of amides is 1. The Balaban J connectivity index is 1.89. The third kappa shape index (κ3) is 3.77. The second-order valence-corrected chi connectivity index (χ2v) is 6.69. The summed E-state index contributed by atoms with van der Waals surface area (Å²) in [5, 5.41) is 0. The topological polar surface area (TPSA) is 66.5 Å². The average molecular weight is 300 g/mol. The van der Waals surface area contributed by atoms with Crippen molar-refractivity contribution in [1.82, 2.24) is 9.62 Å². The van der Waals surface area contributed by atoms with E-state index < -0.39 is 10.0 Å². The van der Waals surface area contributed by atoms with Crippen LogP contribution in [0, 0.1) is 5.82 Å². The molecule has 1 aliphatic rings. The van der Waals surface area contributed by atoms with Crippen LogP contribution in [0.25, 0.3) is 0 Å². The normalized spacial score (nSPS) is 18.7. The highest BCUT2D eigenvalue weighted by molar-refractivity contribution is 7.88. The summed E-state index contributed by atoms with van der Waals surface area (Å²) in [7, 11) is -3.27. The van der Waals surface area contributed by atoms with Crippen molar-refractivity contribution in [2.45, 2.75) is 18.9 Å². The number of nitrogens with zero attached hydrogens (tertiary/aromatic N) is 1. The number of sulfonamides is 1. The number of likely N-dealkylation sites (tertiary alicyclic amines) is 1. The van der Waals surface area contributed by atoms with Gasteiger partial charge in [0.05, 0.1) is 12.3 Å². The molecule has 5 nitrogen and oxygen atoms in total. The molecule has 0 radical (unpaired) electrons. The molecular weight excluding hydrogens is 283 g/mol. The van der Waals surface area contributed by atoms with Crippen molar-refractivity contribution in [2.75, 3.05) is 19.3 Å². The molecule has 0 aliphatic carbocycles. The van der Waals surface area contributed by atoms with Gasteiger partial charge in [-0.25, -0.2) is 17.5 Å². The fourth-order valence-corrected chi connectivity index (χ4v) is 2.68. The van der Waals surface area contributed by atoms with Crippen LogP contribution in [0.5, 0.6) is 0 Å². The number of carbonyl (C=O) groups is 1. The van der Waals surface area contributed by atoms with Crippen molar-refractivity contribution < 1.29 is 17.6 Å². The third-order valence-electron chi connectivity index (χ3n) is 3.30. The highest BCUT2D eigenvalue weighted by Crippen LogP contribution is 2.33. The molecule has 20 heavy (non-hydrogen) atoms. The lowest BCUT2D eigenvalue weighted by atomic mass is 9.94. The summed E-state index contributed by atoms with van der Waals surface area (Å²) in [6, 6.07) is 6.08. The first-order chi connectivity index (χ1) is 9.37. The Hall–Kier alpha value is -1.47. The molecule has 7 heteroatoms. The first-order valence-corrected chi connectivity index (χ1v) is 8.25. The van der Waals surface area contributed by atoms with Crippen LogP contribution in [0.1, 0.15) is 24.4 Å². The molecule has 0 unspecified atom stereocenters. The van der Waals surface area contributed by atoms with Gasteiger partial charge in [0, 0.05) is 19.5 Å². The van der Waals surface area contributed by atoms with Crippen molar-refractivity contribution in [2.24, 2.45) is 0 Å². The van der Waals surface area contributed by atoms with Crippen LogP contribution in [-0.4, -0.2) is 38.6 Å². The van der Waals surface area contributed by atoms with E-state index in [9.17, 15) is 17.6 Å². The van der Waals surface area contributed by atoms with E-state index in [-0.39, 0.29) is 30.7 Å². The lowest BCUT2D eigenvalue weighted by molar-refractivity contribution is -0.139. The predicted molar refractivity (Wildman–Crippen MR) is 72.9 cm³/mol. The van der Waals surface area contributed by atoms with E-state index in [1.807, 2.05) is 0 Å². The van der Waals surface area contributed by atoms with Crippen LogP contribution in [-0.2, 0) is 14.8 Å². The van der Waals surface area contributed by atoms with Crippen LogP contribution < -0.4 is 4.72 Å². The van der Waals surface area contributed by atoms with Gasteiger partial charge in [0.25, 0.3) is 0 Å². The quantitative estimate of drug-likeness (QED) is 0.883. The molecule has 1 aliphatic heterocycles. The Morgan fingerprint density at radius 3 is 2.55 bits per heavy atom. The fourth-order valence-electron chi connectivity index (χ4n) is 2.20. The monoisotopic (exact) mass is 300 g/mol. The minimum Gasteiger partial charge on any atom is -0.335 e. The SMILES string of the molecule is CS(=O)(=O)NCCC(=O)N1CC[C@@H]1c1ccc(F)cc1. The van der Waals surface area contributed by atoms with Gasteiger partial charge in [-0.2, -0.15) is 0 Å². The molecule has 0 spiro atoms. The lowest BCUT2D eigenvalue weighted by Gasteiger charge is -2.41. The van der Waals surface area contributed by atoms with Crippen molar-refractivity contribution in [1.29, 1.82) is 0 Å². The second kappa shape index (κ2) is 5.88. The van der Waals surface area contributed by atoms with E-state index >= 15 is 0 Å². The number of nitrogens with one attached hydrogen (secondary N) is 1. The van der Waals surface area contributed by atoms with Gasteiger partial charge in [-0.1, -0.05) is 12.1 Å². The third-order valence-corrected chi connectivity index (χ3v) is 4.03. The molecule has 1 heterocycles. The molecule has 1 N–H and O–H groups in total. The van der Waals surface area contributed by atoms with Gasteiger partial charge in [-0.3, -0.25) is 4.79 Å². The second-order valence-electron chi connectivity index (χ2n) is 4.86. The zero-order valence-corrected chi connectivity index (χ0v) is 12.0. The summed E-state index contributed by atoms with van der Waals surface area (Å²) in [4.78, 5) is 13.7. The maximum absolute atomic E-state index is 12.9. The van der Waals surface area contributed by atoms with Gasteiger partial charge in [-0.15, -0.1) is 0 Å². The number of hydrogen-bond donors (Lipinski definition) is 1. The number of carbonyl (C=O) groups excluding carboxylic acids is 1. The van der Waals surface area contributed by atoms with Gasteiger partial charge in [0.1, 0.15) is 5.82 Å². The number of benzene rings is 1. The van der Waals surface area contributed by atoms with Crippen molar-refractivity contribution in [3.05, 3.63) is 35.6 Å². The Morgan fingerprint density at radius 2 is 2.05 bits per heavy atom.